The minimum Gasteiger partial charge on any atom is -0.308 e. The van der Waals surface area contributed by atoms with Crippen molar-refractivity contribution in [3.63, 3.8) is 0 Å². The van der Waals surface area contributed by atoms with Gasteiger partial charge in [-0.15, -0.1) is 0 Å². The molecule has 0 N–H and O–H groups in total. The maximum absolute atomic E-state index is 9.28. The third-order valence-electron chi connectivity index (χ3n) is 7.80. The van der Waals surface area contributed by atoms with Gasteiger partial charge in [0, 0.05) is 33.0 Å². The van der Waals surface area contributed by atoms with E-state index in [-0.39, 0.29) is 5.92 Å². The molecule has 0 saturated carbocycles. The third-order valence-corrected chi connectivity index (χ3v) is 7.80. The van der Waals surface area contributed by atoms with E-state index in [2.05, 4.69) is 108 Å². The standard InChI is InChI=1S/C33H20N2/c34-19-20-9-11-21(12-10-20)26-15-29-27-13-22-5-1-3-7-24(22)17-31(27)35-32-18-25-8-4-2-6-23(25)14-28(32)30(16-26)33(29)35/h1-11,13-18,21H,12H2. The summed E-state index contributed by atoms with van der Waals surface area (Å²) in [5.41, 5.74) is 5.89. The van der Waals surface area contributed by atoms with Crippen molar-refractivity contribution in [1.29, 1.82) is 5.26 Å². The van der Waals surface area contributed by atoms with Crippen LogP contribution in [0.4, 0.5) is 0 Å². The summed E-state index contributed by atoms with van der Waals surface area (Å²) in [5.74, 6) is 0.274. The van der Waals surface area contributed by atoms with Crippen LogP contribution in [-0.2, 0) is 0 Å². The predicted octanol–water partition coefficient (Wildman–Crippen LogP) is 8.64. The Balaban J connectivity index is 1.55. The van der Waals surface area contributed by atoms with E-state index < -0.39 is 0 Å². The van der Waals surface area contributed by atoms with Gasteiger partial charge in [0.05, 0.1) is 22.6 Å². The summed E-state index contributed by atoms with van der Waals surface area (Å²) in [4.78, 5) is 0. The SMILES string of the molecule is N#CC1=CCC(c2cc3c4cc5ccccc5cc4n4c5cc6ccccc6cc5c(c2)c34)C=C1. The highest BCUT2D eigenvalue weighted by atomic mass is 14.9. The van der Waals surface area contributed by atoms with E-state index in [0.29, 0.717) is 0 Å². The fourth-order valence-corrected chi connectivity index (χ4v) is 6.10. The number of benzene rings is 5. The molecule has 2 aromatic heterocycles. The lowest BCUT2D eigenvalue weighted by atomic mass is 9.88. The second-order valence-corrected chi connectivity index (χ2v) is 9.71. The second kappa shape index (κ2) is 6.72. The highest BCUT2D eigenvalue weighted by Crippen LogP contribution is 2.43. The molecule has 0 fully saturated rings. The van der Waals surface area contributed by atoms with E-state index in [1.807, 2.05) is 6.08 Å². The van der Waals surface area contributed by atoms with E-state index in [1.54, 1.807) is 0 Å². The summed E-state index contributed by atoms with van der Waals surface area (Å²) in [6, 6.07) is 33.7. The Morgan fingerprint density at radius 1 is 0.686 bits per heavy atom. The van der Waals surface area contributed by atoms with Crippen LogP contribution in [0.2, 0.25) is 0 Å². The van der Waals surface area contributed by atoms with Crippen molar-refractivity contribution in [1.82, 2.24) is 4.40 Å². The van der Waals surface area contributed by atoms with Gasteiger partial charge in [-0.2, -0.15) is 5.26 Å². The highest BCUT2D eigenvalue weighted by molar-refractivity contribution is 6.26. The van der Waals surface area contributed by atoms with Gasteiger partial charge in [0.25, 0.3) is 0 Å². The molecule has 0 amide bonds. The Kier molecular flexibility index (Phi) is 3.60. The zero-order valence-electron chi connectivity index (χ0n) is 19.0. The van der Waals surface area contributed by atoms with Crippen LogP contribution in [0.5, 0.6) is 0 Å². The molecule has 35 heavy (non-hydrogen) atoms. The average molecular weight is 445 g/mol. The molecule has 2 nitrogen and oxygen atoms in total. The summed E-state index contributed by atoms with van der Waals surface area (Å²) >= 11 is 0. The Labute approximate surface area is 201 Å². The van der Waals surface area contributed by atoms with Crippen molar-refractivity contribution < 1.29 is 0 Å². The molecule has 1 unspecified atom stereocenters. The van der Waals surface area contributed by atoms with Crippen LogP contribution in [0.25, 0.3) is 59.6 Å². The first-order chi connectivity index (χ1) is 17.3. The van der Waals surface area contributed by atoms with Gasteiger partial charge in [-0.1, -0.05) is 60.7 Å². The first kappa shape index (κ1) is 18.8. The molecule has 0 radical (unpaired) electrons. The largest absolute Gasteiger partial charge is 0.308 e. The zero-order chi connectivity index (χ0) is 23.1. The first-order valence-corrected chi connectivity index (χ1v) is 12.1. The first-order valence-electron chi connectivity index (χ1n) is 12.1. The maximum atomic E-state index is 9.28. The normalized spacial score (nSPS) is 16.2. The molecule has 7 aromatic rings. The van der Waals surface area contributed by atoms with Crippen molar-refractivity contribution in [2.45, 2.75) is 12.3 Å². The van der Waals surface area contributed by atoms with E-state index in [4.69, 9.17) is 0 Å². The quantitative estimate of drug-likeness (QED) is 0.249. The lowest BCUT2D eigenvalue weighted by Gasteiger charge is -2.15. The molecule has 5 aromatic carbocycles. The van der Waals surface area contributed by atoms with Gasteiger partial charge in [-0.05, 0) is 76.0 Å². The average Bonchev–Trinajstić information content (AvgIpc) is 3.41. The molecule has 1 aliphatic rings. The lowest BCUT2D eigenvalue weighted by molar-refractivity contribution is 0.852. The number of rotatable bonds is 1. The monoisotopic (exact) mass is 444 g/mol. The highest BCUT2D eigenvalue weighted by Gasteiger charge is 2.21. The molecule has 8 rings (SSSR count). The van der Waals surface area contributed by atoms with Crippen LogP contribution in [-0.4, -0.2) is 4.40 Å². The Morgan fingerprint density at radius 3 is 1.71 bits per heavy atom. The smallest absolute Gasteiger partial charge is 0.0988 e. The van der Waals surface area contributed by atoms with Gasteiger partial charge in [0.1, 0.15) is 0 Å². The van der Waals surface area contributed by atoms with Gasteiger partial charge in [-0.3, -0.25) is 0 Å². The number of nitriles is 1. The summed E-state index contributed by atoms with van der Waals surface area (Å²) in [5, 5.41) is 19.6. The number of fused-ring (bicyclic) bond motifs is 8. The van der Waals surface area contributed by atoms with Gasteiger partial charge in [0.2, 0.25) is 0 Å². The van der Waals surface area contributed by atoms with E-state index >= 15 is 0 Å². The summed E-state index contributed by atoms with van der Waals surface area (Å²) in [6.45, 7) is 0. The van der Waals surface area contributed by atoms with Crippen LogP contribution >= 0.6 is 0 Å². The van der Waals surface area contributed by atoms with Gasteiger partial charge in [0.15, 0.2) is 0 Å². The molecule has 2 heterocycles. The number of nitrogens with zero attached hydrogens (tertiary/aromatic N) is 2. The van der Waals surface area contributed by atoms with Crippen molar-refractivity contribution >= 4 is 59.6 Å². The van der Waals surface area contributed by atoms with Crippen LogP contribution in [0.1, 0.15) is 17.9 Å². The van der Waals surface area contributed by atoms with Crippen molar-refractivity contribution in [2.75, 3.05) is 0 Å². The maximum Gasteiger partial charge on any atom is 0.0988 e. The number of hydrogen-bond donors (Lipinski definition) is 0. The van der Waals surface area contributed by atoms with Gasteiger partial charge in [-0.25, -0.2) is 0 Å². The Morgan fingerprint density at radius 2 is 1.23 bits per heavy atom. The number of allylic oxidation sites excluding steroid dienone is 4. The van der Waals surface area contributed by atoms with Gasteiger partial charge >= 0.3 is 0 Å². The van der Waals surface area contributed by atoms with Crippen LogP contribution in [0.15, 0.2) is 109 Å². The van der Waals surface area contributed by atoms with Crippen molar-refractivity contribution in [3.8, 4) is 6.07 Å². The molecule has 0 spiro atoms. The number of hydrogen-bond acceptors (Lipinski definition) is 1. The summed E-state index contributed by atoms with van der Waals surface area (Å²) in [6.07, 6.45) is 7.08. The van der Waals surface area contributed by atoms with Crippen LogP contribution in [0.3, 0.4) is 0 Å². The fraction of sp³-hybridized carbons (Fsp3) is 0.0606. The molecule has 1 atom stereocenters. The van der Waals surface area contributed by atoms with Crippen LogP contribution in [0, 0.1) is 11.3 Å². The Bertz CT molecular complexity index is 1970. The van der Waals surface area contributed by atoms with Gasteiger partial charge < -0.3 is 4.40 Å². The molecule has 162 valence electrons. The second-order valence-electron chi connectivity index (χ2n) is 9.71. The topological polar surface area (TPSA) is 28.2 Å². The predicted molar refractivity (Wildman–Crippen MR) is 146 cm³/mol. The van der Waals surface area contributed by atoms with Crippen molar-refractivity contribution in [2.24, 2.45) is 0 Å². The fourth-order valence-electron chi connectivity index (χ4n) is 6.10. The Hall–Kier alpha value is -4.61. The molecule has 0 aliphatic heterocycles. The summed E-state index contributed by atoms with van der Waals surface area (Å²) < 4.78 is 2.47. The molecular weight excluding hydrogens is 424 g/mol. The molecular formula is C33H20N2. The molecule has 1 aliphatic carbocycles. The molecule has 0 saturated heterocycles. The van der Waals surface area contributed by atoms with E-state index in [9.17, 15) is 5.26 Å². The molecule has 2 heteroatoms. The van der Waals surface area contributed by atoms with Crippen LogP contribution < -0.4 is 0 Å². The van der Waals surface area contributed by atoms with E-state index in [1.165, 1.54) is 65.2 Å². The molecule has 0 bridgehead atoms. The number of aromatic nitrogens is 1. The lowest BCUT2D eigenvalue weighted by Crippen LogP contribution is -1.98. The summed E-state index contributed by atoms with van der Waals surface area (Å²) in [7, 11) is 0. The third kappa shape index (κ3) is 2.53. The van der Waals surface area contributed by atoms with E-state index in [0.717, 1.165) is 12.0 Å². The minimum atomic E-state index is 0.274. The minimum absolute atomic E-state index is 0.274. The van der Waals surface area contributed by atoms with Crippen molar-refractivity contribution in [3.05, 3.63) is 114 Å². The zero-order valence-corrected chi connectivity index (χ0v) is 19.0.